The largest absolute Gasteiger partial charge is 0.330 e. The molecule has 3 heteroatoms. The minimum atomic E-state index is 0.743. The molecule has 1 aromatic carbocycles. The van der Waals surface area contributed by atoms with E-state index >= 15 is 0 Å². The highest BCUT2D eigenvalue weighted by Crippen LogP contribution is 2.16. The van der Waals surface area contributed by atoms with Gasteiger partial charge in [-0.25, -0.2) is 0 Å². The van der Waals surface area contributed by atoms with Gasteiger partial charge in [0.15, 0.2) is 0 Å². The van der Waals surface area contributed by atoms with E-state index in [1.165, 1.54) is 35.7 Å². The van der Waals surface area contributed by atoms with E-state index in [1.54, 1.807) is 0 Å². The minimum Gasteiger partial charge on any atom is -0.330 e. The summed E-state index contributed by atoms with van der Waals surface area (Å²) in [5.41, 5.74) is 8.52. The Balaban J connectivity index is 2.01. The maximum Gasteiger partial charge on any atom is 0.0237 e. The molecule has 0 unspecified atom stereocenters. The molecular formula is C13H20N2S. The van der Waals surface area contributed by atoms with Crippen molar-refractivity contribution in [3.8, 4) is 0 Å². The van der Waals surface area contributed by atoms with Gasteiger partial charge >= 0.3 is 0 Å². The van der Waals surface area contributed by atoms with Crippen LogP contribution >= 0.6 is 11.8 Å². The zero-order valence-corrected chi connectivity index (χ0v) is 10.5. The number of rotatable bonds is 4. The number of hydrogen-bond acceptors (Lipinski definition) is 3. The van der Waals surface area contributed by atoms with E-state index in [0.717, 1.165) is 19.5 Å². The zero-order valence-electron chi connectivity index (χ0n) is 9.69. The van der Waals surface area contributed by atoms with E-state index in [4.69, 9.17) is 5.73 Å². The normalized spacial score (nSPS) is 17.6. The molecule has 0 bridgehead atoms. The van der Waals surface area contributed by atoms with Crippen molar-refractivity contribution < 1.29 is 0 Å². The quantitative estimate of drug-likeness (QED) is 0.863. The minimum absolute atomic E-state index is 0.743. The fourth-order valence-corrected chi connectivity index (χ4v) is 3.09. The van der Waals surface area contributed by atoms with E-state index < -0.39 is 0 Å². The van der Waals surface area contributed by atoms with Crippen LogP contribution in [0.3, 0.4) is 0 Å². The Morgan fingerprint density at radius 2 is 1.81 bits per heavy atom. The molecule has 1 fully saturated rings. The molecule has 0 saturated carbocycles. The topological polar surface area (TPSA) is 29.3 Å². The number of nitrogens with two attached hydrogens (primary N) is 1. The maximum atomic E-state index is 5.65. The summed E-state index contributed by atoms with van der Waals surface area (Å²) in [7, 11) is 0. The van der Waals surface area contributed by atoms with Gasteiger partial charge in [0.1, 0.15) is 0 Å². The molecule has 0 radical (unpaired) electrons. The second kappa shape index (κ2) is 6.28. The number of hydrogen-bond donors (Lipinski definition) is 1. The third kappa shape index (κ3) is 3.24. The Morgan fingerprint density at radius 3 is 2.50 bits per heavy atom. The van der Waals surface area contributed by atoms with Crippen molar-refractivity contribution in [1.29, 1.82) is 0 Å². The van der Waals surface area contributed by atoms with Gasteiger partial charge in [0.05, 0.1) is 0 Å². The molecule has 0 atom stereocenters. The molecule has 16 heavy (non-hydrogen) atoms. The predicted molar refractivity (Wildman–Crippen MR) is 71.8 cm³/mol. The second-order valence-electron chi connectivity index (χ2n) is 4.20. The maximum absolute atomic E-state index is 5.65. The molecule has 0 aromatic heterocycles. The van der Waals surface area contributed by atoms with Crippen LogP contribution in [0.2, 0.25) is 0 Å². The molecular weight excluding hydrogens is 216 g/mol. The molecule has 1 aromatic rings. The predicted octanol–water partition coefficient (Wildman–Crippen LogP) is 1.74. The lowest BCUT2D eigenvalue weighted by molar-refractivity contribution is 0.294. The Kier molecular flexibility index (Phi) is 4.69. The average Bonchev–Trinajstić information content (AvgIpc) is 2.33. The monoisotopic (exact) mass is 236 g/mol. The van der Waals surface area contributed by atoms with Crippen LogP contribution in [0.4, 0.5) is 0 Å². The van der Waals surface area contributed by atoms with Crippen molar-refractivity contribution >= 4 is 11.8 Å². The SMILES string of the molecule is NCCc1ccccc1CN1CCSCC1. The van der Waals surface area contributed by atoms with Crippen LogP contribution in [0.15, 0.2) is 24.3 Å². The van der Waals surface area contributed by atoms with Gasteiger partial charge in [-0.15, -0.1) is 0 Å². The summed E-state index contributed by atoms with van der Waals surface area (Å²) in [6, 6.07) is 8.70. The van der Waals surface area contributed by atoms with Crippen LogP contribution in [0.1, 0.15) is 11.1 Å². The van der Waals surface area contributed by atoms with Crippen LogP contribution in [0.25, 0.3) is 0 Å². The Bertz CT molecular complexity index is 321. The highest BCUT2D eigenvalue weighted by Gasteiger charge is 2.11. The van der Waals surface area contributed by atoms with Crippen molar-refractivity contribution in [2.75, 3.05) is 31.1 Å². The first-order valence-corrected chi connectivity index (χ1v) is 7.12. The lowest BCUT2D eigenvalue weighted by Crippen LogP contribution is -2.32. The third-order valence-corrected chi connectivity index (χ3v) is 3.97. The zero-order chi connectivity index (χ0) is 11.2. The van der Waals surface area contributed by atoms with Crippen molar-refractivity contribution in [3.05, 3.63) is 35.4 Å². The standard InChI is InChI=1S/C13H20N2S/c14-6-5-12-3-1-2-4-13(12)11-15-7-9-16-10-8-15/h1-4H,5-11,14H2. The summed E-state index contributed by atoms with van der Waals surface area (Å²) >= 11 is 2.06. The first-order chi connectivity index (χ1) is 7.90. The van der Waals surface area contributed by atoms with Crippen LogP contribution < -0.4 is 5.73 Å². The second-order valence-corrected chi connectivity index (χ2v) is 5.42. The molecule has 88 valence electrons. The molecule has 1 saturated heterocycles. The molecule has 0 aliphatic carbocycles. The van der Waals surface area contributed by atoms with Gasteiger partial charge in [-0.2, -0.15) is 11.8 Å². The lowest BCUT2D eigenvalue weighted by Gasteiger charge is -2.27. The van der Waals surface area contributed by atoms with E-state index in [1.807, 2.05) is 0 Å². The van der Waals surface area contributed by atoms with Crippen LogP contribution in [0.5, 0.6) is 0 Å². The third-order valence-electron chi connectivity index (χ3n) is 3.03. The van der Waals surface area contributed by atoms with E-state index in [-0.39, 0.29) is 0 Å². The van der Waals surface area contributed by atoms with Gasteiger partial charge in [0.25, 0.3) is 0 Å². The van der Waals surface area contributed by atoms with Gasteiger partial charge in [-0.3, -0.25) is 4.90 Å². The molecule has 1 aliphatic rings. The van der Waals surface area contributed by atoms with E-state index in [2.05, 4.69) is 40.9 Å². The van der Waals surface area contributed by atoms with E-state index in [0.29, 0.717) is 0 Å². The molecule has 0 spiro atoms. The fourth-order valence-electron chi connectivity index (χ4n) is 2.11. The number of benzene rings is 1. The van der Waals surface area contributed by atoms with Crippen LogP contribution in [-0.2, 0) is 13.0 Å². The summed E-state index contributed by atoms with van der Waals surface area (Å²) in [6.45, 7) is 4.28. The summed E-state index contributed by atoms with van der Waals surface area (Å²) in [4.78, 5) is 2.55. The summed E-state index contributed by atoms with van der Waals surface area (Å²) < 4.78 is 0. The van der Waals surface area contributed by atoms with Crippen LogP contribution in [-0.4, -0.2) is 36.0 Å². The molecule has 2 rings (SSSR count). The van der Waals surface area contributed by atoms with Crippen LogP contribution in [0, 0.1) is 0 Å². The Morgan fingerprint density at radius 1 is 1.12 bits per heavy atom. The Labute approximate surface area is 102 Å². The molecule has 2 nitrogen and oxygen atoms in total. The van der Waals surface area contributed by atoms with E-state index in [9.17, 15) is 0 Å². The molecule has 1 heterocycles. The highest BCUT2D eigenvalue weighted by molar-refractivity contribution is 7.99. The summed E-state index contributed by atoms with van der Waals surface area (Å²) in [6.07, 6.45) is 0.999. The van der Waals surface area contributed by atoms with Gasteiger partial charge < -0.3 is 5.73 Å². The number of nitrogens with zero attached hydrogens (tertiary/aromatic N) is 1. The first kappa shape index (κ1) is 12.0. The van der Waals surface area contributed by atoms with Gasteiger partial charge in [-0.1, -0.05) is 24.3 Å². The first-order valence-electron chi connectivity index (χ1n) is 5.97. The highest BCUT2D eigenvalue weighted by atomic mass is 32.2. The van der Waals surface area contributed by atoms with Crippen molar-refractivity contribution in [2.45, 2.75) is 13.0 Å². The van der Waals surface area contributed by atoms with Crippen molar-refractivity contribution in [3.63, 3.8) is 0 Å². The van der Waals surface area contributed by atoms with Gasteiger partial charge in [0, 0.05) is 31.1 Å². The molecule has 1 aliphatic heterocycles. The number of thioether (sulfide) groups is 1. The van der Waals surface area contributed by atoms with Crippen molar-refractivity contribution in [2.24, 2.45) is 5.73 Å². The average molecular weight is 236 g/mol. The van der Waals surface area contributed by atoms with Crippen molar-refractivity contribution in [1.82, 2.24) is 4.90 Å². The van der Waals surface area contributed by atoms with Gasteiger partial charge in [-0.05, 0) is 24.1 Å². The smallest absolute Gasteiger partial charge is 0.0237 e. The lowest BCUT2D eigenvalue weighted by atomic mass is 10.0. The summed E-state index contributed by atoms with van der Waals surface area (Å²) in [5, 5.41) is 0. The van der Waals surface area contributed by atoms with Gasteiger partial charge in [0.2, 0.25) is 0 Å². The molecule has 2 N–H and O–H groups in total. The molecule has 0 amide bonds. The summed E-state index contributed by atoms with van der Waals surface area (Å²) in [5.74, 6) is 2.55. The fraction of sp³-hybridized carbons (Fsp3) is 0.538. The Hall–Kier alpha value is -0.510.